The first-order chi connectivity index (χ1) is 7.84. The van der Waals surface area contributed by atoms with E-state index in [-0.39, 0.29) is 0 Å². The quantitative estimate of drug-likeness (QED) is 0.811. The second-order valence-electron chi connectivity index (χ2n) is 4.65. The Morgan fingerprint density at radius 1 is 1.38 bits per heavy atom. The van der Waals surface area contributed by atoms with Crippen molar-refractivity contribution in [1.82, 2.24) is 4.98 Å². The van der Waals surface area contributed by atoms with Crippen molar-refractivity contribution in [1.29, 1.82) is 0 Å². The number of aromatic nitrogens is 1. The summed E-state index contributed by atoms with van der Waals surface area (Å²) < 4.78 is 5.78. The molecule has 1 saturated carbocycles. The van der Waals surface area contributed by atoms with Crippen molar-refractivity contribution < 1.29 is 4.74 Å². The summed E-state index contributed by atoms with van der Waals surface area (Å²) >= 11 is 0. The van der Waals surface area contributed by atoms with E-state index in [9.17, 15) is 0 Å². The lowest BCUT2D eigenvalue weighted by atomic mass is 10.1. The molecule has 2 atom stereocenters. The summed E-state index contributed by atoms with van der Waals surface area (Å²) in [5.74, 6) is 1.34. The normalized spacial score (nSPS) is 29.2. The highest BCUT2D eigenvalue weighted by Gasteiger charge is 2.40. The molecule has 1 saturated heterocycles. The molecular weight excluding hydrogens is 202 g/mol. The van der Waals surface area contributed by atoms with Gasteiger partial charge in [0, 0.05) is 12.8 Å². The van der Waals surface area contributed by atoms with Crippen molar-refractivity contribution in [3.8, 4) is 0 Å². The maximum absolute atomic E-state index is 5.82. The van der Waals surface area contributed by atoms with Crippen molar-refractivity contribution in [2.75, 3.05) is 17.7 Å². The molecule has 2 heterocycles. The maximum Gasteiger partial charge on any atom is 0.146 e. The van der Waals surface area contributed by atoms with Crippen LogP contribution in [0.4, 0.5) is 11.5 Å². The zero-order valence-corrected chi connectivity index (χ0v) is 9.23. The molecule has 3 N–H and O–H groups in total. The molecule has 4 nitrogen and oxygen atoms in total. The SMILES string of the molecule is Nc1ncccc1NC1CCOC1C1CC1. The molecule has 1 aromatic rings. The molecule has 2 unspecified atom stereocenters. The lowest BCUT2D eigenvalue weighted by molar-refractivity contribution is 0.0898. The van der Waals surface area contributed by atoms with Gasteiger partial charge in [-0.25, -0.2) is 4.98 Å². The summed E-state index contributed by atoms with van der Waals surface area (Å²) in [6.45, 7) is 0.860. The van der Waals surface area contributed by atoms with E-state index >= 15 is 0 Å². The number of pyridine rings is 1. The van der Waals surface area contributed by atoms with E-state index in [4.69, 9.17) is 10.5 Å². The van der Waals surface area contributed by atoms with Gasteiger partial charge in [0.15, 0.2) is 0 Å². The van der Waals surface area contributed by atoms with Crippen LogP contribution in [-0.4, -0.2) is 23.7 Å². The van der Waals surface area contributed by atoms with Gasteiger partial charge in [-0.15, -0.1) is 0 Å². The van der Waals surface area contributed by atoms with Gasteiger partial charge in [0.2, 0.25) is 0 Å². The van der Waals surface area contributed by atoms with Crippen LogP contribution in [0.25, 0.3) is 0 Å². The molecule has 4 heteroatoms. The third kappa shape index (κ3) is 1.85. The van der Waals surface area contributed by atoms with Gasteiger partial charge in [0.25, 0.3) is 0 Å². The highest BCUT2D eigenvalue weighted by Crippen LogP contribution is 2.39. The number of hydrogen-bond donors (Lipinski definition) is 2. The number of nitrogens with two attached hydrogens (primary N) is 1. The average molecular weight is 219 g/mol. The number of anilines is 2. The average Bonchev–Trinajstić information content (AvgIpc) is 3.03. The Morgan fingerprint density at radius 3 is 3.00 bits per heavy atom. The predicted octanol–water partition coefficient (Wildman–Crippen LogP) is 1.64. The minimum absolute atomic E-state index is 0.375. The molecule has 0 amide bonds. The van der Waals surface area contributed by atoms with Crippen LogP contribution in [0.1, 0.15) is 19.3 Å². The van der Waals surface area contributed by atoms with Crippen molar-refractivity contribution >= 4 is 11.5 Å². The van der Waals surface area contributed by atoms with Crippen molar-refractivity contribution in [2.24, 2.45) is 5.92 Å². The first-order valence-corrected chi connectivity index (χ1v) is 5.93. The summed E-state index contributed by atoms with van der Waals surface area (Å²) in [5, 5.41) is 3.47. The van der Waals surface area contributed by atoms with Crippen LogP contribution in [0.3, 0.4) is 0 Å². The number of ether oxygens (including phenoxy) is 1. The second kappa shape index (κ2) is 3.94. The van der Waals surface area contributed by atoms with Gasteiger partial charge in [-0.2, -0.15) is 0 Å². The van der Waals surface area contributed by atoms with E-state index in [2.05, 4.69) is 10.3 Å². The number of rotatable bonds is 3. The predicted molar refractivity (Wildman–Crippen MR) is 63.1 cm³/mol. The van der Waals surface area contributed by atoms with Crippen LogP contribution in [0.2, 0.25) is 0 Å². The molecule has 0 bridgehead atoms. The molecule has 2 fully saturated rings. The lowest BCUT2D eigenvalue weighted by Gasteiger charge is -2.21. The second-order valence-corrected chi connectivity index (χ2v) is 4.65. The first-order valence-electron chi connectivity index (χ1n) is 5.93. The van der Waals surface area contributed by atoms with Gasteiger partial charge in [-0.05, 0) is 37.3 Å². The van der Waals surface area contributed by atoms with E-state index < -0.39 is 0 Å². The standard InChI is InChI=1S/C12H17N3O/c13-12-10(2-1-6-14-12)15-9-5-7-16-11(9)8-3-4-8/h1-2,6,8-9,11,15H,3-5,7H2,(H2,13,14). The molecule has 86 valence electrons. The Hall–Kier alpha value is -1.29. The fourth-order valence-corrected chi connectivity index (χ4v) is 2.39. The minimum Gasteiger partial charge on any atom is -0.382 e. The third-order valence-electron chi connectivity index (χ3n) is 3.40. The van der Waals surface area contributed by atoms with E-state index in [1.807, 2.05) is 12.1 Å². The molecule has 1 aliphatic carbocycles. The molecule has 3 rings (SSSR count). The van der Waals surface area contributed by atoms with Crippen molar-refractivity contribution in [2.45, 2.75) is 31.4 Å². The Kier molecular flexibility index (Phi) is 2.44. The fraction of sp³-hybridized carbons (Fsp3) is 0.583. The summed E-state index contributed by atoms with van der Waals surface area (Å²) in [6, 6.07) is 4.28. The van der Waals surface area contributed by atoms with E-state index in [1.165, 1.54) is 12.8 Å². The number of nitrogens with zero attached hydrogens (tertiary/aromatic N) is 1. The minimum atomic E-state index is 0.375. The molecule has 16 heavy (non-hydrogen) atoms. The van der Waals surface area contributed by atoms with Crippen molar-refractivity contribution in [3.63, 3.8) is 0 Å². The van der Waals surface area contributed by atoms with E-state index in [1.54, 1.807) is 6.20 Å². The topological polar surface area (TPSA) is 60.2 Å². The van der Waals surface area contributed by atoms with Gasteiger partial charge in [0.05, 0.1) is 17.8 Å². The van der Waals surface area contributed by atoms with Crippen LogP contribution >= 0.6 is 0 Å². The molecule has 0 radical (unpaired) electrons. The molecule has 0 aromatic carbocycles. The number of hydrogen-bond acceptors (Lipinski definition) is 4. The molecule has 1 aromatic heterocycles. The molecule has 0 spiro atoms. The van der Waals surface area contributed by atoms with Crippen LogP contribution in [0, 0.1) is 5.92 Å². The first kappa shape index (κ1) is 9.90. The lowest BCUT2D eigenvalue weighted by Crippen LogP contribution is -2.31. The fourth-order valence-electron chi connectivity index (χ4n) is 2.39. The molecular formula is C12H17N3O. The van der Waals surface area contributed by atoms with Gasteiger partial charge in [-0.3, -0.25) is 0 Å². The van der Waals surface area contributed by atoms with Crippen LogP contribution in [0.15, 0.2) is 18.3 Å². The Labute approximate surface area is 95.2 Å². The summed E-state index contributed by atoms with van der Waals surface area (Å²) in [5.41, 5.74) is 6.76. The van der Waals surface area contributed by atoms with Crippen LogP contribution in [0.5, 0.6) is 0 Å². The summed E-state index contributed by atoms with van der Waals surface area (Å²) in [6.07, 6.45) is 5.77. The maximum atomic E-state index is 5.82. The van der Waals surface area contributed by atoms with Gasteiger partial charge >= 0.3 is 0 Å². The summed E-state index contributed by atoms with van der Waals surface area (Å²) in [4.78, 5) is 4.08. The van der Waals surface area contributed by atoms with Crippen molar-refractivity contribution in [3.05, 3.63) is 18.3 Å². The monoisotopic (exact) mass is 219 g/mol. The Morgan fingerprint density at radius 2 is 2.25 bits per heavy atom. The van der Waals surface area contributed by atoms with Crippen LogP contribution in [-0.2, 0) is 4.74 Å². The zero-order chi connectivity index (χ0) is 11.0. The van der Waals surface area contributed by atoms with E-state index in [0.717, 1.165) is 24.6 Å². The van der Waals surface area contributed by atoms with E-state index in [0.29, 0.717) is 18.0 Å². The smallest absolute Gasteiger partial charge is 0.146 e. The zero-order valence-electron chi connectivity index (χ0n) is 9.23. The Bertz CT molecular complexity index is 378. The third-order valence-corrected chi connectivity index (χ3v) is 3.40. The Balaban J connectivity index is 1.71. The van der Waals surface area contributed by atoms with Gasteiger partial charge in [0.1, 0.15) is 5.82 Å². The highest BCUT2D eigenvalue weighted by atomic mass is 16.5. The van der Waals surface area contributed by atoms with Crippen LogP contribution < -0.4 is 11.1 Å². The number of nitrogens with one attached hydrogen (secondary N) is 1. The molecule has 2 aliphatic rings. The largest absolute Gasteiger partial charge is 0.382 e. The van der Waals surface area contributed by atoms with Gasteiger partial charge in [-0.1, -0.05) is 0 Å². The van der Waals surface area contributed by atoms with Gasteiger partial charge < -0.3 is 15.8 Å². The molecule has 1 aliphatic heterocycles. The number of nitrogen functional groups attached to an aromatic ring is 1. The highest BCUT2D eigenvalue weighted by molar-refractivity contribution is 5.61. The summed E-state index contributed by atoms with van der Waals surface area (Å²) in [7, 11) is 0.